The fourth-order valence-electron chi connectivity index (χ4n) is 3.50. The first-order chi connectivity index (χ1) is 15.9. The standard InChI is InChI=1S/C26H20ClN3O2S/c1-16-7-2-3-10-19(16)24(31)28-17-8-4-9-18(15-17)29-26(33)30-25(32)22-13-5-12-21-20(22)11-6-14-23(21)27/h2-15H,1H3,(H,28,31)(H2,29,30,32,33). The van der Waals surface area contributed by atoms with E-state index in [9.17, 15) is 9.59 Å². The second-order valence-electron chi connectivity index (χ2n) is 7.40. The van der Waals surface area contributed by atoms with Crippen LogP contribution in [0.3, 0.4) is 0 Å². The van der Waals surface area contributed by atoms with Gasteiger partial charge in [0.1, 0.15) is 0 Å². The topological polar surface area (TPSA) is 70.2 Å². The van der Waals surface area contributed by atoms with Gasteiger partial charge in [0.15, 0.2) is 5.11 Å². The lowest BCUT2D eigenvalue weighted by molar-refractivity contribution is 0.0978. The van der Waals surface area contributed by atoms with Crippen molar-refractivity contribution in [1.29, 1.82) is 0 Å². The Kier molecular flexibility index (Phi) is 6.68. The predicted octanol–water partition coefficient (Wildman–Crippen LogP) is 6.18. The highest BCUT2D eigenvalue weighted by Gasteiger charge is 2.13. The number of carbonyl (C=O) groups is 2. The minimum absolute atomic E-state index is 0.140. The molecule has 33 heavy (non-hydrogen) atoms. The van der Waals surface area contributed by atoms with Crippen molar-refractivity contribution in [2.24, 2.45) is 0 Å². The van der Waals surface area contributed by atoms with Crippen molar-refractivity contribution in [2.45, 2.75) is 6.92 Å². The zero-order chi connectivity index (χ0) is 23.4. The molecule has 4 rings (SSSR count). The molecule has 0 aromatic heterocycles. The zero-order valence-corrected chi connectivity index (χ0v) is 19.3. The summed E-state index contributed by atoms with van der Waals surface area (Å²) in [5, 5.41) is 10.8. The molecule has 164 valence electrons. The lowest BCUT2D eigenvalue weighted by Gasteiger charge is -2.13. The van der Waals surface area contributed by atoms with Crippen LogP contribution in [0.5, 0.6) is 0 Å². The summed E-state index contributed by atoms with van der Waals surface area (Å²) in [6.07, 6.45) is 0. The van der Waals surface area contributed by atoms with Crippen molar-refractivity contribution in [2.75, 3.05) is 10.6 Å². The van der Waals surface area contributed by atoms with E-state index in [1.807, 2.05) is 37.3 Å². The average molecular weight is 474 g/mol. The molecule has 5 nitrogen and oxygen atoms in total. The van der Waals surface area contributed by atoms with Gasteiger partial charge in [0.2, 0.25) is 0 Å². The molecule has 0 saturated carbocycles. The normalized spacial score (nSPS) is 10.5. The van der Waals surface area contributed by atoms with Crippen LogP contribution < -0.4 is 16.0 Å². The van der Waals surface area contributed by atoms with Crippen LogP contribution in [0.4, 0.5) is 11.4 Å². The third kappa shape index (κ3) is 5.19. The molecule has 4 aromatic carbocycles. The molecular formula is C26H20ClN3O2S. The van der Waals surface area contributed by atoms with Crippen LogP contribution in [0.25, 0.3) is 10.8 Å². The van der Waals surface area contributed by atoms with Crippen molar-refractivity contribution in [3.05, 3.63) is 107 Å². The van der Waals surface area contributed by atoms with Crippen LogP contribution in [-0.2, 0) is 0 Å². The Morgan fingerprint density at radius 3 is 2.15 bits per heavy atom. The van der Waals surface area contributed by atoms with Gasteiger partial charge in [-0.05, 0) is 66.5 Å². The van der Waals surface area contributed by atoms with Gasteiger partial charge < -0.3 is 10.6 Å². The SMILES string of the molecule is Cc1ccccc1C(=O)Nc1cccc(NC(=S)NC(=O)c2cccc3c(Cl)cccc23)c1. The lowest BCUT2D eigenvalue weighted by atomic mass is 10.0. The molecule has 0 bridgehead atoms. The maximum Gasteiger partial charge on any atom is 0.258 e. The minimum atomic E-state index is -0.343. The van der Waals surface area contributed by atoms with Crippen molar-refractivity contribution in [3.8, 4) is 0 Å². The summed E-state index contributed by atoms with van der Waals surface area (Å²) < 4.78 is 0. The molecule has 3 N–H and O–H groups in total. The number of thiocarbonyl (C=S) groups is 1. The largest absolute Gasteiger partial charge is 0.332 e. The van der Waals surface area contributed by atoms with E-state index in [-0.39, 0.29) is 16.9 Å². The van der Waals surface area contributed by atoms with Crippen LogP contribution in [0, 0.1) is 6.92 Å². The van der Waals surface area contributed by atoms with Crippen molar-refractivity contribution in [1.82, 2.24) is 5.32 Å². The Bertz CT molecular complexity index is 1390. The summed E-state index contributed by atoms with van der Waals surface area (Å²) >= 11 is 11.6. The average Bonchev–Trinajstić information content (AvgIpc) is 2.79. The molecule has 0 heterocycles. The Hall–Kier alpha value is -3.74. The zero-order valence-electron chi connectivity index (χ0n) is 17.7. The highest BCUT2D eigenvalue weighted by molar-refractivity contribution is 7.80. The van der Waals surface area contributed by atoms with Crippen molar-refractivity contribution in [3.63, 3.8) is 0 Å². The molecule has 0 spiro atoms. The van der Waals surface area contributed by atoms with E-state index in [1.54, 1.807) is 54.6 Å². The van der Waals surface area contributed by atoms with Crippen LogP contribution in [0.1, 0.15) is 26.3 Å². The number of benzene rings is 4. The molecule has 0 aliphatic carbocycles. The van der Waals surface area contributed by atoms with Crippen LogP contribution >= 0.6 is 23.8 Å². The molecule has 0 unspecified atom stereocenters. The Morgan fingerprint density at radius 1 is 0.727 bits per heavy atom. The smallest absolute Gasteiger partial charge is 0.258 e. The van der Waals surface area contributed by atoms with E-state index in [2.05, 4.69) is 16.0 Å². The van der Waals surface area contributed by atoms with Gasteiger partial charge in [-0.2, -0.15) is 0 Å². The summed E-state index contributed by atoms with van der Waals surface area (Å²) in [4.78, 5) is 25.4. The van der Waals surface area contributed by atoms with Gasteiger partial charge in [-0.1, -0.05) is 60.1 Å². The number of nitrogens with one attached hydrogen (secondary N) is 3. The molecule has 0 radical (unpaired) electrons. The summed E-state index contributed by atoms with van der Waals surface area (Å²) in [5.41, 5.74) is 3.20. The van der Waals surface area contributed by atoms with Crippen LogP contribution in [-0.4, -0.2) is 16.9 Å². The molecule has 0 aliphatic rings. The Morgan fingerprint density at radius 2 is 1.36 bits per heavy atom. The minimum Gasteiger partial charge on any atom is -0.332 e. The third-order valence-electron chi connectivity index (χ3n) is 5.11. The van der Waals surface area contributed by atoms with E-state index in [0.717, 1.165) is 16.3 Å². The molecule has 0 saturated heterocycles. The quantitative estimate of drug-likeness (QED) is 0.309. The maximum absolute atomic E-state index is 12.8. The molecule has 0 atom stereocenters. The molecular weight excluding hydrogens is 454 g/mol. The summed E-state index contributed by atoms with van der Waals surface area (Å²) in [5.74, 6) is -0.542. The Balaban J connectivity index is 1.44. The summed E-state index contributed by atoms with van der Waals surface area (Å²) in [7, 11) is 0. The second-order valence-corrected chi connectivity index (χ2v) is 8.21. The first-order valence-electron chi connectivity index (χ1n) is 10.2. The number of halogens is 1. The predicted molar refractivity (Wildman–Crippen MR) is 138 cm³/mol. The third-order valence-corrected chi connectivity index (χ3v) is 5.64. The monoisotopic (exact) mass is 473 g/mol. The van der Waals surface area contributed by atoms with E-state index in [1.165, 1.54) is 0 Å². The van der Waals surface area contributed by atoms with Crippen molar-refractivity contribution < 1.29 is 9.59 Å². The number of rotatable bonds is 4. The summed E-state index contributed by atoms with van der Waals surface area (Å²) in [6.45, 7) is 1.89. The van der Waals surface area contributed by atoms with E-state index >= 15 is 0 Å². The number of amides is 2. The fourth-order valence-corrected chi connectivity index (χ4v) is 3.95. The van der Waals surface area contributed by atoms with Crippen LogP contribution in [0.2, 0.25) is 5.02 Å². The van der Waals surface area contributed by atoms with Crippen LogP contribution in [0.15, 0.2) is 84.9 Å². The molecule has 0 aliphatic heterocycles. The van der Waals surface area contributed by atoms with E-state index in [0.29, 0.717) is 27.5 Å². The first kappa shape index (κ1) is 22.5. The van der Waals surface area contributed by atoms with Gasteiger partial charge >= 0.3 is 0 Å². The highest BCUT2D eigenvalue weighted by atomic mass is 35.5. The first-order valence-corrected chi connectivity index (χ1v) is 11.0. The maximum atomic E-state index is 12.8. The lowest BCUT2D eigenvalue weighted by Crippen LogP contribution is -2.34. The number of aryl methyl sites for hydroxylation is 1. The van der Waals surface area contributed by atoms with Gasteiger partial charge in [0.05, 0.1) is 0 Å². The van der Waals surface area contributed by atoms with E-state index < -0.39 is 0 Å². The molecule has 7 heteroatoms. The second kappa shape index (κ2) is 9.81. The molecule has 4 aromatic rings. The fraction of sp³-hybridized carbons (Fsp3) is 0.0385. The van der Waals surface area contributed by atoms with Gasteiger partial charge in [-0.3, -0.25) is 14.9 Å². The van der Waals surface area contributed by atoms with Gasteiger partial charge in [0.25, 0.3) is 11.8 Å². The Labute approximate surface area is 201 Å². The number of anilines is 2. The number of hydrogen-bond donors (Lipinski definition) is 3. The highest BCUT2D eigenvalue weighted by Crippen LogP contribution is 2.26. The molecule has 0 fully saturated rings. The van der Waals surface area contributed by atoms with Gasteiger partial charge in [-0.25, -0.2) is 0 Å². The van der Waals surface area contributed by atoms with E-state index in [4.69, 9.17) is 23.8 Å². The number of hydrogen-bond acceptors (Lipinski definition) is 3. The van der Waals surface area contributed by atoms with Crippen molar-refractivity contribution >= 4 is 62.9 Å². The van der Waals surface area contributed by atoms with Gasteiger partial charge in [-0.15, -0.1) is 0 Å². The number of carbonyl (C=O) groups excluding carboxylic acids is 2. The summed E-state index contributed by atoms with van der Waals surface area (Å²) in [6, 6.07) is 25.3. The molecule has 2 amide bonds. The van der Waals surface area contributed by atoms with Gasteiger partial charge in [0, 0.05) is 32.9 Å². The number of fused-ring (bicyclic) bond motifs is 1.